The summed E-state index contributed by atoms with van der Waals surface area (Å²) >= 11 is 0. The van der Waals surface area contributed by atoms with Gasteiger partial charge in [-0.1, -0.05) is 0 Å². The van der Waals surface area contributed by atoms with Crippen molar-refractivity contribution in [3.05, 3.63) is 23.0 Å². The normalized spacial score (nSPS) is 27.2. The number of aromatic nitrogens is 4. The number of rotatable bonds is 2. The van der Waals surface area contributed by atoms with Crippen molar-refractivity contribution in [1.29, 1.82) is 0 Å². The van der Waals surface area contributed by atoms with Gasteiger partial charge in [0.05, 0.1) is 24.8 Å². The third kappa shape index (κ3) is 2.57. The fourth-order valence-electron chi connectivity index (χ4n) is 2.35. The van der Waals surface area contributed by atoms with E-state index in [0.717, 1.165) is 0 Å². The van der Waals surface area contributed by atoms with Crippen LogP contribution in [0.3, 0.4) is 0 Å². The molecule has 2 aromatic heterocycles. The number of aromatic amines is 1. The van der Waals surface area contributed by atoms with Crippen LogP contribution in [0.15, 0.2) is 17.4 Å². The van der Waals surface area contributed by atoms with Crippen LogP contribution < -0.4 is 5.56 Å². The quantitative estimate of drug-likeness (QED) is 0.820. The van der Waals surface area contributed by atoms with E-state index in [-0.39, 0.29) is 24.1 Å². The third-order valence-corrected chi connectivity index (χ3v) is 3.17. The lowest BCUT2D eigenvalue weighted by Crippen LogP contribution is -2.36. The highest BCUT2D eigenvalue weighted by Crippen LogP contribution is 2.30. The topological polar surface area (TPSA) is 102 Å². The monoisotopic (exact) mass is 295 g/mol. The van der Waals surface area contributed by atoms with E-state index < -0.39 is 29.6 Å². The summed E-state index contributed by atoms with van der Waals surface area (Å²) in [5, 5.41) is 10.4. The van der Waals surface area contributed by atoms with Crippen LogP contribution in [0.25, 0.3) is 11.2 Å². The number of hydrogen-bond acceptors (Lipinski definition) is 6. The lowest BCUT2D eigenvalue weighted by molar-refractivity contribution is -0.0982. The second kappa shape index (κ2) is 4.90. The van der Waals surface area contributed by atoms with Gasteiger partial charge < -0.3 is 19.6 Å². The lowest BCUT2D eigenvalue weighted by Gasteiger charge is -2.26. The molecule has 2 N–H and O–H groups in total. The predicted octanol–water partition coefficient (Wildman–Crippen LogP) is 0.193. The Morgan fingerprint density at radius 2 is 2.33 bits per heavy atom. The van der Waals surface area contributed by atoms with E-state index in [1.165, 1.54) is 10.9 Å². The van der Waals surface area contributed by atoms with E-state index in [0.29, 0.717) is 0 Å². The summed E-state index contributed by atoms with van der Waals surface area (Å²) in [5.41, 5.74) is -0.620. The van der Waals surface area contributed by atoms with Crippen LogP contribution in [0.1, 0.15) is 28.4 Å². The fraction of sp³-hybridized carbons (Fsp3) is 0.615. The van der Waals surface area contributed by atoms with E-state index in [9.17, 15) is 9.90 Å². The molecule has 3 atom stereocenters. The summed E-state index contributed by atoms with van der Waals surface area (Å²) in [5.74, 6) is 0. The van der Waals surface area contributed by atoms with Gasteiger partial charge >= 0.3 is 0 Å². The van der Waals surface area contributed by atoms with Gasteiger partial charge in [0.1, 0.15) is 13.6 Å². The number of nitrogens with one attached hydrogen (secondary N) is 1. The molecule has 0 radical (unpaired) electrons. The van der Waals surface area contributed by atoms with Crippen molar-refractivity contribution in [2.45, 2.75) is 44.8 Å². The summed E-state index contributed by atoms with van der Waals surface area (Å²) in [7, 11) is 0. The van der Waals surface area contributed by atoms with E-state index in [1.54, 1.807) is 0 Å². The SMILES string of the molecule is [2H]c1nc2c(=O)[nH]cnc2n1C1OCC(OC(C)(C)C)C1O. The molecule has 8 nitrogen and oxygen atoms in total. The highest BCUT2D eigenvalue weighted by atomic mass is 16.6. The van der Waals surface area contributed by atoms with Gasteiger partial charge in [-0.3, -0.25) is 9.36 Å². The number of aliphatic hydroxyl groups is 1. The number of hydrogen-bond donors (Lipinski definition) is 2. The molecule has 0 aromatic carbocycles. The van der Waals surface area contributed by atoms with Crippen molar-refractivity contribution in [3.8, 4) is 0 Å². The molecule has 114 valence electrons. The van der Waals surface area contributed by atoms with Gasteiger partial charge in [0.2, 0.25) is 0 Å². The van der Waals surface area contributed by atoms with Gasteiger partial charge in [0.25, 0.3) is 5.56 Å². The molecule has 3 unspecified atom stereocenters. The molecule has 3 rings (SSSR count). The highest BCUT2D eigenvalue weighted by molar-refractivity contribution is 5.68. The average molecular weight is 295 g/mol. The molecular formula is C13H18N4O4. The molecule has 1 saturated heterocycles. The standard InChI is InChI=1S/C13H18N4O4/c1-13(2,3)21-7-4-20-12(9(7)18)17-6-16-8-10(17)14-5-15-11(8)19/h5-7,9,12,18H,4H2,1-3H3,(H,14,15,19)/i6D. The van der Waals surface area contributed by atoms with Crippen molar-refractivity contribution in [1.82, 2.24) is 19.5 Å². The molecular weight excluding hydrogens is 276 g/mol. The average Bonchev–Trinajstić information content (AvgIpc) is 2.90. The first kappa shape index (κ1) is 12.9. The molecule has 1 aliphatic heterocycles. The number of imidazole rings is 1. The van der Waals surface area contributed by atoms with Crippen LogP contribution in [0.4, 0.5) is 0 Å². The summed E-state index contributed by atoms with van der Waals surface area (Å²) in [4.78, 5) is 22.0. The maximum absolute atomic E-state index is 11.7. The lowest BCUT2D eigenvalue weighted by atomic mass is 10.1. The number of aliphatic hydroxyl groups excluding tert-OH is 1. The Bertz CT molecular complexity index is 751. The van der Waals surface area contributed by atoms with E-state index in [4.69, 9.17) is 10.8 Å². The second-order valence-corrected chi connectivity index (χ2v) is 5.97. The highest BCUT2D eigenvalue weighted by Gasteiger charge is 2.40. The van der Waals surface area contributed by atoms with Crippen molar-refractivity contribution >= 4 is 11.2 Å². The van der Waals surface area contributed by atoms with Gasteiger partial charge in [-0.25, -0.2) is 9.97 Å². The van der Waals surface area contributed by atoms with Crippen LogP contribution in [0.5, 0.6) is 0 Å². The van der Waals surface area contributed by atoms with Crippen LogP contribution >= 0.6 is 0 Å². The minimum Gasteiger partial charge on any atom is -0.386 e. The van der Waals surface area contributed by atoms with Crippen molar-refractivity contribution in [3.63, 3.8) is 0 Å². The Morgan fingerprint density at radius 3 is 3.05 bits per heavy atom. The Kier molecular flexibility index (Phi) is 3.02. The van der Waals surface area contributed by atoms with Gasteiger partial charge in [-0.15, -0.1) is 0 Å². The predicted molar refractivity (Wildman–Crippen MR) is 73.8 cm³/mol. The van der Waals surface area contributed by atoms with Crippen LogP contribution in [-0.2, 0) is 9.47 Å². The Balaban J connectivity index is 1.97. The first-order chi connectivity index (χ1) is 10.3. The van der Waals surface area contributed by atoms with E-state index >= 15 is 0 Å². The largest absolute Gasteiger partial charge is 0.386 e. The van der Waals surface area contributed by atoms with Crippen molar-refractivity contribution in [2.24, 2.45) is 0 Å². The number of nitrogens with zero attached hydrogens (tertiary/aromatic N) is 3. The number of H-pyrrole nitrogens is 1. The van der Waals surface area contributed by atoms with Crippen molar-refractivity contribution in [2.75, 3.05) is 6.61 Å². The molecule has 1 aliphatic rings. The summed E-state index contributed by atoms with van der Waals surface area (Å²) < 4.78 is 20.6. The molecule has 3 heterocycles. The molecule has 21 heavy (non-hydrogen) atoms. The smallest absolute Gasteiger partial charge is 0.278 e. The Labute approximate surface area is 122 Å². The third-order valence-electron chi connectivity index (χ3n) is 3.17. The Hall–Kier alpha value is -1.77. The number of fused-ring (bicyclic) bond motifs is 1. The molecule has 1 fully saturated rings. The first-order valence-electron chi connectivity index (χ1n) is 7.17. The van der Waals surface area contributed by atoms with Gasteiger partial charge in [-0.2, -0.15) is 0 Å². The maximum Gasteiger partial charge on any atom is 0.278 e. The van der Waals surface area contributed by atoms with Crippen LogP contribution in [0.2, 0.25) is 0 Å². The van der Waals surface area contributed by atoms with E-state index in [1.807, 2.05) is 20.8 Å². The van der Waals surface area contributed by atoms with Crippen molar-refractivity contribution < 1.29 is 16.0 Å². The van der Waals surface area contributed by atoms with E-state index in [2.05, 4.69) is 15.0 Å². The minimum absolute atomic E-state index is 0.0449. The zero-order valence-corrected chi connectivity index (χ0v) is 12.0. The molecule has 0 spiro atoms. The number of ether oxygens (including phenoxy) is 2. The molecule has 0 amide bonds. The summed E-state index contributed by atoms with van der Waals surface area (Å²) in [6, 6.07) is 0. The summed E-state index contributed by atoms with van der Waals surface area (Å²) in [6.07, 6.45) is -1.34. The van der Waals surface area contributed by atoms with Gasteiger partial charge in [0.15, 0.2) is 17.4 Å². The van der Waals surface area contributed by atoms with Gasteiger partial charge in [0, 0.05) is 0 Å². The first-order valence-corrected chi connectivity index (χ1v) is 6.67. The molecule has 0 aliphatic carbocycles. The summed E-state index contributed by atoms with van der Waals surface area (Å²) in [6.45, 7) is 5.84. The maximum atomic E-state index is 11.7. The zero-order valence-electron chi connectivity index (χ0n) is 13.0. The zero-order chi connectivity index (χ0) is 16.1. The van der Waals surface area contributed by atoms with Crippen LogP contribution in [0, 0.1) is 0 Å². The molecule has 2 aromatic rings. The second-order valence-electron chi connectivity index (χ2n) is 5.97. The molecule has 0 bridgehead atoms. The Morgan fingerprint density at radius 1 is 1.57 bits per heavy atom. The van der Waals surface area contributed by atoms with Gasteiger partial charge in [-0.05, 0) is 20.8 Å². The fourth-order valence-corrected chi connectivity index (χ4v) is 2.35. The minimum atomic E-state index is -0.984. The van der Waals surface area contributed by atoms with Crippen LogP contribution in [-0.4, -0.2) is 49.0 Å². The molecule has 0 saturated carbocycles. The molecule has 8 heteroatoms.